The van der Waals surface area contributed by atoms with Gasteiger partial charge in [-0.2, -0.15) is 0 Å². The summed E-state index contributed by atoms with van der Waals surface area (Å²) in [6, 6.07) is 6.88. The molecule has 1 aliphatic carbocycles. The average Bonchev–Trinajstić information content (AvgIpc) is 3.57. The molecule has 0 radical (unpaired) electrons. The lowest BCUT2D eigenvalue weighted by molar-refractivity contribution is -0.127. The van der Waals surface area contributed by atoms with E-state index in [4.69, 9.17) is 4.74 Å². The summed E-state index contributed by atoms with van der Waals surface area (Å²) in [7, 11) is 3.40. The quantitative estimate of drug-likeness (QED) is 0.297. The second-order valence-electron chi connectivity index (χ2n) is 8.70. The SMILES string of the molecule is CCOC(=O)N1CCC(NC(=NCC(=O)N(C)C)NCC2(c3cccc(F)c3)CC2)CC1.I. The van der Waals surface area contributed by atoms with Crippen molar-refractivity contribution in [2.45, 2.75) is 44.1 Å². The summed E-state index contributed by atoms with van der Waals surface area (Å²) in [6.07, 6.45) is 3.20. The number of ether oxygens (including phenoxy) is 1. The Balaban J connectivity index is 0.00000385. The van der Waals surface area contributed by atoms with Crippen molar-refractivity contribution >= 4 is 41.9 Å². The number of hydrogen-bond acceptors (Lipinski definition) is 4. The van der Waals surface area contributed by atoms with Crippen LogP contribution in [0.25, 0.3) is 0 Å². The normalized spacial score (nSPS) is 17.6. The molecule has 10 heteroatoms. The van der Waals surface area contributed by atoms with Crippen LogP contribution in [-0.2, 0) is 14.9 Å². The van der Waals surface area contributed by atoms with Gasteiger partial charge in [0, 0.05) is 45.2 Å². The van der Waals surface area contributed by atoms with Crippen molar-refractivity contribution in [3.63, 3.8) is 0 Å². The van der Waals surface area contributed by atoms with E-state index in [1.165, 1.54) is 11.0 Å². The number of halogens is 2. The molecule has 184 valence electrons. The van der Waals surface area contributed by atoms with Crippen LogP contribution in [0.4, 0.5) is 9.18 Å². The van der Waals surface area contributed by atoms with E-state index in [1.807, 2.05) is 6.07 Å². The number of carbonyl (C=O) groups is 2. The van der Waals surface area contributed by atoms with Crippen molar-refractivity contribution < 1.29 is 18.7 Å². The molecule has 1 aromatic rings. The van der Waals surface area contributed by atoms with Gasteiger partial charge in [-0.05, 0) is 50.3 Å². The van der Waals surface area contributed by atoms with Gasteiger partial charge in [-0.3, -0.25) is 4.79 Å². The first-order valence-electron chi connectivity index (χ1n) is 11.3. The van der Waals surface area contributed by atoms with Gasteiger partial charge in [0.2, 0.25) is 5.91 Å². The van der Waals surface area contributed by atoms with Gasteiger partial charge in [0.15, 0.2) is 5.96 Å². The second-order valence-corrected chi connectivity index (χ2v) is 8.70. The van der Waals surface area contributed by atoms with Crippen molar-refractivity contribution in [3.05, 3.63) is 35.6 Å². The summed E-state index contributed by atoms with van der Waals surface area (Å²) in [6.45, 7) is 4.02. The van der Waals surface area contributed by atoms with Gasteiger partial charge < -0.3 is 25.2 Å². The largest absolute Gasteiger partial charge is 0.450 e. The Hall–Kier alpha value is -2.11. The van der Waals surface area contributed by atoms with E-state index >= 15 is 0 Å². The number of carbonyl (C=O) groups excluding carboxylic acids is 2. The number of likely N-dealkylation sites (N-methyl/N-ethyl adjacent to an activating group) is 1. The zero-order valence-electron chi connectivity index (χ0n) is 19.6. The third-order valence-corrected chi connectivity index (χ3v) is 6.12. The monoisotopic (exact) mass is 575 g/mol. The Labute approximate surface area is 212 Å². The van der Waals surface area contributed by atoms with Crippen molar-refractivity contribution in [2.75, 3.05) is 46.9 Å². The van der Waals surface area contributed by atoms with Gasteiger partial charge in [0.1, 0.15) is 12.4 Å². The molecule has 1 aromatic carbocycles. The van der Waals surface area contributed by atoms with Gasteiger partial charge in [-0.15, -0.1) is 24.0 Å². The maximum Gasteiger partial charge on any atom is 0.409 e. The molecule has 1 saturated heterocycles. The van der Waals surface area contributed by atoms with Gasteiger partial charge >= 0.3 is 6.09 Å². The minimum atomic E-state index is -0.277. The van der Waals surface area contributed by atoms with Crippen LogP contribution < -0.4 is 10.6 Å². The molecule has 8 nitrogen and oxygen atoms in total. The van der Waals surface area contributed by atoms with Crippen LogP contribution >= 0.6 is 24.0 Å². The number of amides is 2. The number of piperidine rings is 1. The fraction of sp³-hybridized carbons (Fsp3) is 0.609. The second kappa shape index (κ2) is 12.4. The first-order chi connectivity index (χ1) is 15.3. The molecular weight excluding hydrogens is 540 g/mol. The number of guanidine groups is 1. The number of nitrogens with zero attached hydrogens (tertiary/aromatic N) is 3. The molecule has 3 rings (SSSR count). The summed E-state index contributed by atoms with van der Waals surface area (Å²) in [5, 5.41) is 6.80. The van der Waals surface area contributed by atoms with E-state index in [-0.39, 0.29) is 59.8 Å². The van der Waals surface area contributed by atoms with Crippen LogP contribution in [0.15, 0.2) is 29.3 Å². The molecule has 33 heavy (non-hydrogen) atoms. The number of benzene rings is 1. The first kappa shape index (κ1) is 27.1. The van der Waals surface area contributed by atoms with Crippen molar-refractivity contribution in [1.82, 2.24) is 20.4 Å². The number of hydrogen-bond donors (Lipinski definition) is 2. The number of nitrogens with one attached hydrogen (secondary N) is 2. The highest BCUT2D eigenvalue weighted by atomic mass is 127. The van der Waals surface area contributed by atoms with Crippen LogP contribution in [0.2, 0.25) is 0 Å². The van der Waals surface area contributed by atoms with Crippen LogP contribution in [0, 0.1) is 5.82 Å². The van der Waals surface area contributed by atoms with E-state index in [1.54, 1.807) is 38.1 Å². The Morgan fingerprint density at radius 2 is 1.97 bits per heavy atom. The predicted molar refractivity (Wildman–Crippen MR) is 136 cm³/mol. The molecular formula is C23H35FIN5O3. The number of aliphatic imine (C=N–C) groups is 1. The van der Waals surface area contributed by atoms with Crippen LogP contribution in [0.3, 0.4) is 0 Å². The lowest BCUT2D eigenvalue weighted by Crippen LogP contribution is -2.51. The minimum Gasteiger partial charge on any atom is -0.450 e. The summed E-state index contributed by atoms with van der Waals surface area (Å²) in [5.41, 5.74) is 0.875. The molecule has 1 heterocycles. The zero-order chi connectivity index (χ0) is 23.1. The van der Waals surface area contributed by atoms with Crippen LogP contribution in [0.5, 0.6) is 0 Å². The molecule has 1 saturated carbocycles. The molecule has 2 aliphatic rings. The van der Waals surface area contributed by atoms with E-state index in [0.29, 0.717) is 32.2 Å². The van der Waals surface area contributed by atoms with E-state index < -0.39 is 0 Å². The fourth-order valence-corrected chi connectivity index (χ4v) is 3.84. The van der Waals surface area contributed by atoms with Gasteiger partial charge in [-0.1, -0.05) is 12.1 Å². The summed E-state index contributed by atoms with van der Waals surface area (Å²) in [5.74, 6) is 0.248. The molecule has 0 atom stereocenters. The van der Waals surface area contributed by atoms with Crippen LogP contribution in [0.1, 0.15) is 38.2 Å². The van der Waals surface area contributed by atoms with E-state index in [2.05, 4.69) is 15.6 Å². The third kappa shape index (κ3) is 7.72. The van der Waals surface area contributed by atoms with Gasteiger partial charge in [0.25, 0.3) is 0 Å². The maximum atomic E-state index is 13.7. The molecule has 2 amide bonds. The smallest absolute Gasteiger partial charge is 0.409 e. The number of likely N-dealkylation sites (tertiary alicyclic amines) is 1. The Morgan fingerprint density at radius 3 is 2.55 bits per heavy atom. The maximum absolute atomic E-state index is 13.7. The van der Waals surface area contributed by atoms with Crippen LogP contribution in [-0.4, -0.2) is 80.7 Å². The molecule has 0 spiro atoms. The number of rotatable bonds is 7. The highest BCUT2D eigenvalue weighted by Gasteiger charge is 2.44. The van der Waals surface area contributed by atoms with Crippen molar-refractivity contribution in [2.24, 2.45) is 4.99 Å². The Kier molecular flexibility index (Phi) is 10.2. The summed E-state index contributed by atoms with van der Waals surface area (Å²) < 4.78 is 18.8. The fourth-order valence-electron chi connectivity index (χ4n) is 3.84. The lowest BCUT2D eigenvalue weighted by Gasteiger charge is -2.32. The molecule has 0 aromatic heterocycles. The van der Waals surface area contributed by atoms with E-state index in [0.717, 1.165) is 31.2 Å². The molecule has 0 bridgehead atoms. The van der Waals surface area contributed by atoms with E-state index in [9.17, 15) is 14.0 Å². The average molecular weight is 575 g/mol. The molecule has 2 N–H and O–H groups in total. The summed E-state index contributed by atoms with van der Waals surface area (Å²) >= 11 is 0. The predicted octanol–water partition coefficient (Wildman–Crippen LogP) is 2.72. The highest BCUT2D eigenvalue weighted by molar-refractivity contribution is 14.0. The third-order valence-electron chi connectivity index (χ3n) is 6.12. The topological polar surface area (TPSA) is 86.3 Å². The van der Waals surface area contributed by atoms with Crippen molar-refractivity contribution in [3.8, 4) is 0 Å². The molecule has 2 fully saturated rings. The zero-order valence-corrected chi connectivity index (χ0v) is 21.9. The first-order valence-corrected chi connectivity index (χ1v) is 11.3. The van der Waals surface area contributed by atoms with Crippen molar-refractivity contribution in [1.29, 1.82) is 0 Å². The highest BCUT2D eigenvalue weighted by Crippen LogP contribution is 2.47. The summed E-state index contributed by atoms with van der Waals surface area (Å²) in [4.78, 5) is 31.7. The Bertz CT molecular complexity index is 839. The molecule has 1 aliphatic heterocycles. The van der Waals surface area contributed by atoms with Gasteiger partial charge in [0.05, 0.1) is 6.61 Å². The lowest BCUT2D eigenvalue weighted by atomic mass is 9.96. The Morgan fingerprint density at radius 1 is 1.27 bits per heavy atom. The standard InChI is InChI=1S/C23H34FN5O3.HI/c1-4-32-22(31)29-12-8-19(9-13-29)27-21(25-15-20(30)28(2)3)26-16-23(10-11-23)17-6-5-7-18(24)14-17;/h5-7,14,19H,4,8-13,15-16H2,1-3H3,(H2,25,26,27);1H. The van der Waals surface area contributed by atoms with Gasteiger partial charge in [-0.25, -0.2) is 14.2 Å². The molecule has 0 unspecified atom stereocenters. The minimum absolute atomic E-state index is 0.